The van der Waals surface area contributed by atoms with Crippen molar-refractivity contribution in [2.24, 2.45) is 0 Å². The minimum Gasteiger partial charge on any atom is -0.378 e. The van der Waals surface area contributed by atoms with Crippen molar-refractivity contribution in [3.05, 3.63) is 35.9 Å². The molecular weight excluding hydrogens is 252 g/mol. The molecule has 1 saturated heterocycles. The maximum absolute atomic E-state index is 6.34. The van der Waals surface area contributed by atoms with Crippen LogP contribution in [0.1, 0.15) is 0 Å². The minimum atomic E-state index is 0.739. The van der Waals surface area contributed by atoms with Crippen LogP contribution in [0.2, 0.25) is 5.02 Å². The lowest BCUT2D eigenvalue weighted by atomic mass is 10.2. The normalized spacial score (nSPS) is 15.9. The van der Waals surface area contributed by atoms with Gasteiger partial charge in [0.2, 0.25) is 0 Å². The third-order valence-corrected chi connectivity index (χ3v) is 3.30. The fourth-order valence-electron chi connectivity index (χ4n) is 2.05. The van der Waals surface area contributed by atoms with Crippen LogP contribution in [-0.2, 0) is 4.74 Å². The van der Waals surface area contributed by atoms with Gasteiger partial charge in [0.05, 0.1) is 23.9 Å². The summed E-state index contributed by atoms with van der Waals surface area (Å²) >= 11 is 6.34. The van der Waals surface area contributed by atoms with E-state index in [-0.39, 0.29) is 0 Å². The smallest absolute Gasteiger partial charge is 0.123 e. The Labute approximate surface area is 110 Å². The van der Waals surface area contributed by atoms with E-state index in [4.69, 9.17) is 16.3 Å². The molecule has 6 heteroatoms. The van der Waals surface area contributed by atoms with Gasteiger partial charge < -0.3 is 9.64 Å². The summed E-state index contributed by atoms with van der Waals surface area (Å²) in [6.45, 7) is 3.27. The number of hydrogen-bond acceptors (Lipinski definition) is 4. The first-order valence-electron chi connectivity index (χ1n) is 5.82. The summed E-state index contributed by atoms with van der Waals surface area (Å²) in [5, 5.41) is 8.31. The van der Waals surface area contributed by atoms with Gasteiger partial charge in [-0.2, -0.15) is 0 Å². The number of hydrogen-bond donors (Lipinski definition) is 0. The van der Waals surface area contributed by atoms with Crippen molar-refractivity contribution in [2.75, 3.05) is 31.2 Å². The fourth-order valence-corrected chi connectivity index (χ4v) is 2.35. The van der Waals surface area contributed by atoms with Gasteiger partial charge in [0, 0.05) is 18.8 Å². The van der Waals surface area contributed by atoms with Gasteiger partial charge in [0.1, 0.15) is 12.7 Å². The SMILES string of the molecule is Clc1cc(-n2cnnc2)ccc1N1CCOCC1. The molecular formula is C12H13ClN4O. The lowest BCUT2D eigenvalue weighted by Gasteiger charge is -2.29. The molecule has 2 heterocycles. The highest BCUT2D eigenvalue weighted by molar-refractivity contribution is 6.33. The number of rotatable bonds is 2. The maximum atomic E-state index is 6.34. The molecule has 1 fully saturated rings. The van der Waals surface area contributed by atoms with Crippen LogP contribution >= 0.6 is 11.6 Å². The molecule has 1 aliphatic rings. The zero-order valence-corrected chi connectivity index (χ0v) is 10.5. The molecule has 1 aliphatic heterocycles. The number of benzene rings is 1. The molecule has 0 bridgehead atoms. The molecule has 1 aromatic carbocycles. The molecule has 0 saturated carbocycles. The molecule has 0 spiro atoms. The first-order chi connectivity index (χ1) is 8.84. The summed E-state index contributed by atoms with van der Waals surface area (Å²) in [6.07, 6.45) is 3.31. The highest BCUT2D eigenvalue weighted by Crippen LogP contribution is 2.28. The van der Waals surface area contributed by atoms with Crippen molar-refractivity contribution in [1.29, 1.82) is 0 Å². The summed E-state index contributed by atoms with van der Waals surface area (Å²) in [4.78, 5) is 2.24. The quantitative estimate of drug-likeness (QED) is 0.829. The molecule has 2 aromatic rings. The Morgan fingerprint density at radius 2 is 1.83 bits per heavy atom. The van der Waals surface area contributed by atoms with Crippen molar-refractivity contribution >= 4 is 17.3 Å². The molecule has 0 atom stereocenters. The molecule has 5 nitrogen and oxygen atoms in total. The van der Waals surface area contributed by atoms with Gasteiger partial charge in [-0.3, -0.25) is 4.57 Å². The number of anilines is 1. The Balaban J connectivity index is 1.89. The van der Waals surface area contributed by atoms with Crippen molar-refractivity contribution in [1.82, 2.24) is 14.8 Å². The zero-order chi connectivity index (χ0) is 12.4. The van der Waals surface area contributed by atoms with E-state index in [1.165, 1.54) is 0 Å². The Kier molecular flexibility index (Phi) is 3.17. The topological polar surface area (TPSA) is 43.2 Å². The van der Waals surface area contributed by atoms with Gasteiger partial charge in [-0.1, -0.05) is 11.6 Å². The third kappa shape index (κ3) is 2.19. The van der Waals surface area contributed by atoms with Crippen LogP contribution in [-0.4, -0.2) is 41.1 Å². The molecule has 94 valence electrons. The highest BCUT2D eigenvalue weighted by atomic mass is 35.5. The molecule has 0 aliphatic carbocycles. The Hall–Kier alpha value is -1.59. The molecule has 0 amide bonds. The van der Waals surface area contributed by atoms with Crippen LogP contribution in [0.4, 0.5) is 5.69 Å². The summed E-state index contributed by atoms with van der Waals surface area (Å²) < 4.78 is 7.17. The second-order valence-corrected chi connectivity index (χ2v) is 4.51. The van der Waals surface area contributed by atoms with Crippen molar-refractivity contribution in [3.8, 4) is 5.69 Å². The monoisotopic (exact) mass is 264 g/mol. The summed E-state index contributed by atoms with van der Waals surface area (Å²) in [5.41, 5.74) is 2.01. The van der Waals surface area contributed by atoms with Crippen LogP contribution in [0.3, 0.4) is 0 Å². The van der Waals surface area contributed by atoms with Crippen LogP contribution < -0.4 is 4.90 Å². The average Bonchev–Trinajstić information content (AvgIpc) is 2.93. The van der Waals surface area contributed by atoms with Crippen LogP contribution in [0.15, 0.2) is 30.9 Å². The van der Waals surface area contributed by atoms with Crippen molar-refractivity contribution < 1.29 is 4.74 Å². The average molecular weight is 265 g/mol. The molecule has 1 aromatic heterocycles. The standard InChI is InChI=1S/C12H13ClN4O/c13-11-7-10(17-8-14-15-9-17)1-2-12(11)16-3-5-18-6-4-16/h1-2,7-9H,3-6H2. The van der Waals surface area contributed by atoms with Gasteiger partial charge >= 0.3 is 0 Å². The minimum absolute atomic E-state index is 0.739. The van der Waals surface area contributed by atoms with Crippen molar-refractivity contribution in [3.63, 3.8) is 0 Å². The van der Waals surface area contributed by atoms with Crippen LogP contribution in [0.5, 0.6) is 0 Å². The van der Waals surface area contributed by atoms with E-state index in [1.54, 1.807) is 12.7 Å². The third-order valence-electron chi connectivity index (χ3n) is 3.00. The van der Waals surface area contributed by atoms with Gasteiger partial charge in [-0.25, -0.2) is 0 Å². The Morgan fingerprint density at radius 3 is 2.50 bits per heavy atom. The number of aromatic nitrogens is 3. The summed E-state index contributed by atoms with van der Waals surface area (Å²) in [7, 11) is 0. The zero-order valence-electron chi connectivity index (χ0n) is 9.79. The second-order valence-electron chi connectivity index (χ2n) is 4.10. The Bertz CT molecular complexity index is 523. The van der Waals surface area contributed by atoms with Gasteiger partial charge in [0.25, 0.3) is 0 Å². The lowest BCUT2D eigenvalue weighted by molar-refractivity contribution is 0.122. The number of nitrogens with zero attached hydrogens (tertiary/aromatic N) is 4. The number of ether oxygens (including phenoxy) is 1. The van der Waals surface area contributed by atoms with Gasteiger partial charge in [-0.15, -0.1) is 10.2 Å². The van der Waals surface area contributed by atoms with E-state index in [0.29, 0.717) is 0 Å². The van der Waals surface area contributed by atoms with E-state index < -0.39 is 0 Å². The van der Waals surface area contributed by atoms with Gasteiger partial charge in [-0.05, 0) is 18.2 Å². The first kappa shape index (κ1) is 11.5. The highest BCUT2D eigenvalue weighted by Gasteiger charge is 2.14. The van der Waals surface area contributed by atoms with Crippen molar-refractivity contribution in [2.45, 2.75) is 0 Å². The Morgan fingerprint density at radius 1 is 1.11 bits per heavy atom. The van der Waals surface area contributed by atoms with Crippen LogP contribution in [0.25, 0.3) is 5.69 Å². The molecule has 0 unspecified atom stereocenters. The molecule has 18 heavy (non-hydrogen) atoms. The largest absolute Gasteiger partial charge is 0.378 e. The van der Waals surface area contributed by atoms with E-state index >= 15 is 0 Å². The lowest BCUT2D eigenvalue weighted by Crippen LogP contribution is -2.36. The van der Waals surface area contributed by atoms with E-state index in [2.05, 4.69) is 15.1 Å². The molecule has 0 radical (unpaired) electrons. The van der Waals surface area contributed by atoms with Crippen LogP contribution in [0, 0.1) is 0 Å². The van der Waals surface area contributed by atoms with E-state index in [1.807, 2.05) is 22.8 Å². The maximum Gasteiger partial charge on any atom is 0.123 e. The molecule has 3 rings (SSSR count). The van der Waals surface area contributed by atoms with E-state index in [9.17, 15) is 0 Å². The number of morpholine rings is 1. The summed E-state index contributed by atoms with van der Waals surface area (Å²) in [5.74, 6) is 0. The fraction of sp³-hybridized carbons (Fsp3) is 0.333. The second kappa shape index (κ2) is 4.96. The predicted molar refractivity (Wildman–Crippen MR) is 69.4 cm³/mol. The molecule has 0 N–H and O–H groups in total. The van der Waals surface area contributed by atoms with Gasteiger partial charge in [0.15, 0.2) is 0 Å². The van der Waals surface area contributed by atoms with E-state index in [0.717, 1.165) is 42.7 Å². The number of halogens is 1. The summed E-state index contributed by atoms with van der Waals surface area (Å²) in [6, 6.07) is 5.97. The first-order valence-corrected chi connectivity index (χ1v) is 6.19. The predicted octanol–water partition coefficient (Wildman–Crippen LogP) is 1.76.